The van der Waals surface area contributed by atoms with Crippen LogP contribution in [0, 0.1) is 5.92 Å². The number of ketones is 1. The molecule has 0 atom stereocenters. The van der Waals surface area contributed by atoms with Crippen LogP contribution in [0.15, 0.2) is 24.3 Å². The Morgan fingerprint density at radius 3 is 2.75 bits per heavy atom. The molecule has 1 heterocycles. The first-order valence-electron chi connectivity index (χ1n) is 5.33. The molecule has 16 heavy (non-hydrogen) atoms. The average molecular weight is 217 g/mol. The number of aromatic amines is 1. The number of nitrogens with one attached hydrogen (secondary N) is 1. The molecule has 1 N–H and O–H groups in total. The molecule has 0 aliphatic rings. The lowest BCUT2D eigenvalue weighted by Gasteiger charge is -1.99. The fraction of sp³-hybridized carbons (Fsp3) is 0.308. The van der Waals surface area contributed by atoms with Crippen molar-refractivity contribution in [2.24, 2.45) is 5.92 Å². The topological polar surface area (TPSA) is 42.1 Å². The highest BCUT2D eigenvalue weighted by molar-refractivity contribution is 6.01. The summed E-state index contributed by atoms with van der Waals surface area (Å²) in [6.07, 6.45) is 0. The summed E-state index contributed by atoms with van der Waals surface area (Å²) in [6, 6.07) is 7.59. The van der Waals surface area contributed by atoms with Crippen molar-refractivity contribution in [1.82, 2.24) is 4.98 Å². The van der Waals surface area contributed by atoms with Gasteiger partial charge < -0.3 is 9.72 Å². The molecule has 1 aromatic carbocycles. The third-order valence-electron chi connectivity index (χ3n) is 2.63. The predicted octanol–water partition coefficient (Wildman–Crippen LogP) is 3.02. The zero-order chi connectivity index (χ0) is 11.7. The third-order valence-corrected chi connectivity index (χ3v) is 2.63. The van der Waals surface area contributed by atoms with Gasteiger partial charge in [0.25, 0.3) is 0 Å². The maximum absolute atomic E-state index is 11.8. The maximum atomic E-state index is 11.8. The summed E-state index contributed by atoms with van der Waals surface area (Å²) in [7, 11) is 1.63. The third kappa shape index (κ3) is 1.69. The van der Waals surface area contributed by atoms with Crippen LogP contribution in [-0.2, 0) is 0 Å². The summed E-state index contributed by atoms with van der Waals surface area (Å²) in [5.74, 6) is 0.911. The lowest BCUT2D eigenvalue weighted by Crippen LogP contribution is -2.07. The number of carbonyl (C=O) groups excluding carboxylic acids is 1. The van der Waals surface area contributed by atoms with Gasteiger partial charge >= 0.3 is 0 Å². The molecule has 84 valence electrons. The SMILES string of the molecule is COc1cccc2[nH]c(C(=O)C(C)C)cc12. The Morgan fingerprint density at radius 2 is 2.12 bits per heavy atom. The highest BCUT2D eigenvalue weighted by atomic mass is 16.5. The van der Waals surface area contributed by atoms with Crippen LogP contribution in [0.4, 0.5) is 0 Å². The summed E-state index contributed by atoms with van der Waals surface area (Å²) in [4.78, 5) is 15.0. The molecule has 2 rings (SSSR count). The van der Waals surface area contributed by atoms with Gasteiger partial charge in [0.1, 0.15) is 5.75 Å². The molecule has 0 bridgehead atoms. The minimum absolute atomic E-state index is 0.000873. The molecule has 0 amide bonds. The molecular weight excluding hydrogens is 202 g/mol. The average Bonchev–Trinajstić information content (AvgIpc) is 2.70. The summed E-state index contributed by atoms with van der Waals surface area (Å²) in [5.41, 5.74) is 1.58. The Bertz CT molecular complexity index is 526. The first kappa shape index (κ1) is 10.7. The standard InChI is InChI=1S/C13H15NO2/c1-8(2)13(15)11-7-9-10(14-11)5-4-6-12(9)16-3/h4-8,14H,1-3H3. The van der Waals surface area contributed by atoms with Gasteiger partial charge in [0.15, 0.2) is 5.78 Å². The van der Waals surface area contributed by atoms with E-state index in [4.69, 9.17) is 4.74 Å². The number of carbonyl (C=O) groups is 1. The van der Waals surface area contributed by atoms with Crippen LogP contribution in [0.5, 0.6) is 5.75 Å². The second kappa shape index (κ2) is 4.00. The molecule has 0 aliphatic carbocycles. The lowest BCUT2D eigenvalue weighted by atomic mass is 10.1. The van der Waals surface area contributed by atoms with E-state index < -0.39 is 0 Å². The van der Waals surface area contributed by atoms with Crippen molar-refractivity contribution in [2.75, 3.05) is 7.11 Å². The smallest absolute Gasteiger partial charge is 0.181 e. The number of hydrogen-bond donors (Lipinski definition) is 1. The molecule has 2 aromatic rings. The van der Waals surface area contributed by atoms with E-state index in [0.29, 0.717) is 5.69 Å². The number of H-pyrrole nitrogens is 1. The van der Waals surface area contributed by atoms with Crippen LogP contribution in [0.1, 0.15) is 24.3 Å². The predicted molar refractivity (Wildman–Crippen MR) is 64.0 cm³/mol. The van der Waals surface area contributed by atoms with Gasteiger partial charge in [0, 0.05) is 16.8 Å². The Hall–Kier alpha value is -1.77. The Labute approximate surface area is 94.4 Å². The fourth-order valence-electron chi connectivity index (χ4n) is 1.75. The molecule has 1 aromatic heterocycles. The van der Waals surface area contributed by atoms with Crippen molar-refractivity contribution in [1.29, 1.82) is 0 Å². The Morgan fingerprint density at radius 1 is 1.38 bits per heavy atom. The van der Waals surface area contributed by atoms with Gasteiger partial charge in [-0.15, -0.1) is 0 Å². The van der Waals surface area contributed by atoms with E-state index in [1.807, 2.05) is 38.1 Å². The molecule has 0 radical (unpaired) electrons. The summed E-state index contributed by atoms with van der Waals surface area (Å²) in [5, 5.41) is 0.953. The number of ether oxygens (including phenoxy) is 1. The van der Waals surface area contributed by atoms with Gasteiger partial charge in [-0.1, -0.05) is 19.9 Å². The molecule has 0 spiro atoms. The van der Waals surface area contributed by atoms with E-state index in [2.05, 4.69) is 4.98 Å². The van der Waals surface area contributed by atoms with Crippen molar-refractivity contribution in [2.45, 2.75) is 13.8 Å². The molecule has 3 nitrogen and oxygen atoms in total. The lowest BCUT2D eigenvalue weighted by molar-refractivity contribution is 0.0935. The van der Waals surface area contributed by atoms with Gasteiger partial charge in [-0.3, -0.25) is 4.79 Å². The second-order valence-electron chi connectivity index (χ2n) is 4.12. The molecule has 0 aliphatic heterocycles. The maximum Gasteiger partial charge on any atom is 0.181 e. The van der Waals surface area contributed by atoms with Crippen molar-refractivity contribution in [3.05, 3.63) is 30.0 Å². The van der Waals surface area contributed by atoms with Gasteiger partial charge in [-0.05, 0) is 18.2 Å². The Balaban J connectivity index is 2.56. The second-order valence-corrected chi connectivity index (χ2v) is 4.12. The largest absolute Gasteiger partial charge is 0.496 e. The summed E-state index contributed by atoms with van der Waals surface area (Å²) < 4.78 is 5.25. The number of hydrogen-bond acceptors (Lipinski definition) is 2. The Kier molecular flexibility index (Phi) is 2.69. The molecule has 3 heteroatoms. The zero-order valence-electron chi connectivity index (χ0n) is 9.70. The number of rotatable bonds is 3. The normalized spacial score (nSPS) is 11.0. The van der Waals surface area contributed by atoms with Crippen LogP contribution in [-0.4, -0.2) is 17.9 Å². The summed E-state index contributed by atoms with van der Waals surface area (Å²) in [6.45, 7) is 3.79. The van der Waals surface area contributed by atoms with Crippen LogP contribution >= 0.6 is 0 Å². The minimum Gasteiger partial charge on any atom is -0.496 e. The van der Waals surface area contributed by atoms with E-state index in [-0.39, 0.29) is 11.7 Å². The van der Waals surface area contributed by atoms with Gasteiger partial charge in [0.2, 0.25) is 0 Å². The van der Waals surface area contributed by atoms with Crippen molar-refractivity contribution in [3.8, 4) is 5.75 Å². The van der Waals surface area contributed by atoms with E-state index in [1.165, 1.54) is 0 Å². The van der Waals surface area contributed by atoms with E-state index >= 15 is 0 Å². The number of Topliss-reactive ketones (excluding diaryl/α,β-unsaturated/α-hetero) is 1. The first-order chi connectivity index (χ1) is 7.63. The molecule has 0 saturated carbocycles. The van der Waals surface area contributed by atoms with Gasteiger partial charge in [0.05, 0.1) is 12.8 Å². The van der Waals surface area contributed by atoms with Crippen LogP contribution in [0.25, 0.3) is 10.9 Å². The minimum atomic E-state index is -0.000873. The quantitative estimate of drug-likeness (QED) is 0.803. The van der Waals surface area contributed by atoms with Gasteiger partial charge in [-0.25, -0.2) is 0 Å². The molecule has 0 unspecified atom stereocenters. The molecule has 0 saturated heterocycles. The van der Waals surface area contributed by atoms with Crippen LogP contribution in [0.2, 0.25) is 0 Å². The number of fused-ring (bicyclic) bond motifs is 1. The highest BCUT2D eigenvalue weighted by Crippen LogP contribution is 2.26. The van der Waals surface area contributed by atoms with E-state index in [0.717, 1.165) is 16.7 Å². The van der Waals surface area contributed by atoms with Crippen molar-refractivity contribution in [3.63, 3.8) is 0 Å². The monoisotopic (exact) mass is 217 g/mol. The fourth-order valence-corrected chi connectivity index (χ4v) is 1.75. The number of benzene rings is 1. The first-order valence-corrected chi connectivity index (χ1v) is 5.33. The van der Waals surface area contributed by atoms with Crippen LogP contribution in [0.3, 0.4) is 0 Å². The molecule has 0 fully saturated rings. The molecular formula is C13H15NO2. The summed E-state index contributed by atoms with van der Waals surface area (Å²) >= 11 is 0. The van der Waals surface area contributed by atoms with Crippen LogP contribution < -0.4 is 4.74 Å². The van der Waals surface area contributed by atoms with Crippen molar-refractivity contribution < 1.29 is 9.53 Å². The number of methoxy groups -OCH3 is 1. The highest BCUT2D eigenvalue weighted by Gasteiger charge is 2.14. The van der Waals surface area contributed by atoms with Gasteiger partial charge in [-0.2, -0.15) is 0 Å². The zero-order valence-corrected chi connectivity index (χ0v) is 9.70. The van der Waals surface area contributed by atoms with E-state index in [9.17, 15) is 4.79 Å². The van der Waals surface area contributed by atoms with E-state index in [1.54, 1.807) is 7.11 Å². The van der Waals surface area contributed by atoms with Crippen molar-refractivity contribution >= 4 is 16.7 Å². The number of aromatic nitrogens is 1.